The predicted molar refractivity (Wildman–Crippen MR) is 81.3 cm³/mol. The molecule has 1 N–H and O–H groups in total. The molecule has 0 aromatic rings. The molecule has 2 nitrogen and oxygen atoms in total. The molecule has 3 unspecified atom stereocenters. The van der Waals surface area contributed by atoms with Crippen molar-refractivity contribution in [2.24, 2.45) is 17.8 Å². The Morgan fingerprint density at radius 1 is 1.00 bits per heavy atom. The van der Waals surface area contributed by atoms with E-state index in [4.69, 9.17) is 4.74 Å². The van der Waals surface area contributed by atoms with E-state index in [9.17, 15) is 0 Å². The Morgan fingerprint density at radius 3 is 2.26 bits per heavy atom. The first-order valence-corrected chi connectivity index (χ1v) is 8.39. The zero-order chi connectivity index (χ0) is 13.8. The van der Waals surface area contributed by atoms with Gasteiger partial charge in [0.25, 0.3) is 0 Å². The molecule has 2 saturated carbocycles. The van der Waals surface area contributed by atoms with E-state index in [0.29, 0.717) is 6.10 Å². The minimum absolute atomic E-state index is 0.518. The van der Waals surface area contributed by atoms with Gasteiger partial charge < -0.3 is 10.1 Å². The number of ether oxygens (including phenoxy) is 1. The Labute approximate surface area is 119 Å². The highest BCUT2D eigenvalue weighted by molar-refractivity contribution is 4.89. The van der Waals surface area contributed by atoms with Crippen molar-refractivity contribution in [2.75, 3.05) is 7.11 Å². The van der Waals surface area contributed by atoms with Gasteiger partial charge in [0.2, 0.25) is 0 Å². The molecule has 2 rings (SSSR count). The molecule has 112 valence electrons. The lowest BCUT2D eigenvalue weighted by Crippen LogP contribution is -2.48. The maximum absolute atomic E-state index is 5.48. The average molecular weight is 267 g/mol. The smallest absolute Gasteiger partial charge is 0.0572 e. The molecule has 0 aromatic carbocycles. The van der Waals surface area contributed by atoms with Gasteiger partial charge in [0, 0.05) is 19.2 Å². The van der Waals surface area contributed by atoms with Crippen LogP contribution in [0.3, 0.4) is 0 Å². The number of rotatable bonds is 4. The van der Waals surface area contributed by atoms with Gasteiger partial charge in [0.1, 0.15) is 0 Å². The first-order chi connectivity index (χ1) is 9.10. The summed E-state index contributed by atoms with van der Waals surface area (Å²) >= 11 is 0. The van der Waals surface area contributed by atoms with Gasteiger partial charge in [-0.15, -0.1) is 0 Å². The van der Waals surface area contributed by atoms with Gasteiger partial charge >= 0.3 is 0 Å². The number of hydrogen-bond donors (Lipinski definition) is 1. The number of nitrogens with one attached hydrogen (secondary N) is 1. The molecule has 0 radical (unpaired) electrons. The van der Waals surface area contributed by atoms with Crippen molar-refractivity contribution in [3.8, 4) is 0 Å². The first-order valence-electron chi connectivity index (χ1n) is 8.39. The summed E-state index contributed by atoms with van der Waals surface area (Å²) in [4.78, 5) is 0. The molecule has 0 aliphatic heterocycles. The minimum atomic E-state index is 0.518. The van der Waals surface area contributed by atoms with Crippen LogP contribution >= 0.6 is 0 Å². The number of methoxy groups -OCH3 is 1. The first kappa shape index (κ1) is 15.3. The van der Waals surface area contributed by atoms with Crippen LogP contribution in [-0.2, 0) is 4.74 Å². The fraction of sp³-hybridized carbons (Fsp3) is 1.00. The van der Waals surface area contributed by atoms with Crippen molar-refractivity contribution in [2.45, 2.75) is 83.9 Å². The molecule has 0 aromatic heterocycles. The van der Waals surface area contributed by atoms with E-state index < -0.39 is 0 Å². The zero-order valence-corrected chi connectivity index (χ0v) is 13.3. The van der Waals surface area contributed by atoms with Crippen LogP contribution in [0.1, 0.15) is 65.7 Å². The van der Waals surface area contributed by atoms with Gasteiger partial charge in [-0.1, -0.05) is 27.2 Å². The lowest BCUT2D eigenvalue weighted by molar-refractivity contribution is 0.0559. The largest absolute Gasteiger partial charge is 0.381 e. The SMILES string of the molecule is COC1CCC(NC2CC(C)CCC2C(C)C)CC1. The minimum Gasteiger partial charge on any atom is -0.381 e. The van der Waals surface area contributed by atoms with Crippen LogP contribution in [0.2, 0.25) is 0 Å². The summed E-state index contributed by atoms with van der Waals surface area (Å²) in [5.74, 6) is 2.61. The average Bonchev–Trinajstić information content (AvgIpc) is 2.39. The van der Waals surface area contributed by atoms with E-state index in [2.05, 4.69) is 26.1 Å². The van der Waals surface area contributed by atoms with Crippen molar-refractivity contribution in [3.63, 3.8) is 0 Å². The molecule has 0 heterocycles. The fourth-order valence-corrected chi connectivity index (χ4v) is 4.16. The highest BCUT2D eigenvalue weighted by Gasteiger charge is 2.32. The lowest BCUT2D eigenvalue weighted by atomic mass is 9.73. The Kier molecular flexibility index (Phi) is 5.70. The van der Waals surface area contributed by atoms with Crippen LogP contribution in [-0.4, -0.2) is 25.3 Å². The zero-order valence-electron chi connectivity index (χ0n) is 13.3. The summed E-state index contributed by atoms with van der Waals surface area (Å²) in [6.45, 7) is 7.22. The third-order valence-electron chi connectivity index (χ3n) is 5.48. The third-order valence-corrected chi connectivity index (χ3v) is 5.48. The molecule has 0 bridgehead atoms. The summed E-state index contributed by atoms with van der Waals surface area (Å²) < 4.78 is 5.48. The van der Waals surface area contributed by atoms with Crippen LogP contribution in [0.4, 0.5) is 0 Å². The van der Waals surface area contributed by atoms with Crippen molar-refractivity contribution in [3.05, 3.63) is 0 Å². The Bertz CT molecular complexity index is 258. The Hall–Kier alpha value is -0.0800. The van der Waals surface area contributed by atoms with E-state index in [1.807, 2.05) is 7.11 Å². The van der Waals surface area contributed by atoms with Crippen LogP contribution in [0.25, 0.3) is 0 Å². The fourth-order valence-electron chi connectivity index (χ4n) is 4.16. The molecule has 0 saturated heterocycles. The molecule has 2 heteroatoms. The molecule has 0 spiro atoms. The standard InChI is InChI=1S/C17H33NO/c1-12(2)16-10-5-13(3)11-17(16)18-14-6-8-15(19-4)9-7-14/h12-18H,5-11H2,1-4H3. The van der Waals surface area contributed by atoms with Crippen LogP contribution in [0.5, 0.6) is 0 Å². The maximum Gasteiger partial charge on any atom is 0.0572 e. The topological polar surface area (TPSA) is 21.3 Å². The second-order valence-corrected chi connectivity index (χ2v) is 7.31. The van der Waals surface area contributed by atoms with E-state index >= 15 is 0 Å². The molecule has 2 fully saturated rings. The molecular formula is C17H33NO. The van der Waals surface area contributed by atoms with E-state index in [1.165, 1.54) is 44.9 Å². The highest BCUT2D eigenvalue weighted by Crippen LogP contribution is 2.34. The lowest BCUT2D eigenvalue weighted by Gasteiger charge is -2.41. The van der Waals surface area contributed by atoms with Gasteiger partial charge in [-0.3, -0.25) is 0 Å². The van der Waals surface area contributed by atoms with Gasteiger partial charge in [-0.05, 0) is 56.3 Å². The van der Waals surface area contributed by atoms with Crippen molar-refractivity contribution in [1.82, 2.24) is 5.32 Å². The molecule has 2 aliphatic carbocycles. The maximum atomic E-state index is 5.48. The quantitative estimate of drug-likeness (QED) is 0.831. The predicted octanol–water partition coefficient (Wildman–Crippen LogP) is 3.99. The number of hydrogen-bond acceptors (Lipinski definition) is 2. The van der Waals surface area contributed by atoms with E-state index in [0.717, 1.165) is 29.8 Å². The van der Waals surface area contributed by atoms with E-state index in [-0.39, 0.29) is 0 Å². The van der Waals surface area contributed by atoms with Crippen molar-refractivity contribution in [1.29, 1.82) is 0 Å². The third kappa shape index (κ3) is 4.19. The molecule has 0 amide bonds. The summed E-state index contributed by atoms with van der Waals surface area (Å²) in [5, 5.41) is 4.01. The Morgan fingerprint density at radius 2 is 1.68 bits per heavy atom. The molecule has 3 atom stereocenters. The molecule has 2 aliphatic rings. The monoisotopic (exact) mass is 267 g/mol. The van der Waals surface area contributed by atoms with Gasteiger partial charge in [-0.25, -0.2) is 0 Å². The van der Waals surface area contributed by atoms with Crippen molar-refractivity contribution < 1.29 is 4.74 Å². The van der Waals surface area contributed by atoms with Crippen molar-refractivity contribution >= 4 is 0 Å². The highest BCUT2D eigenvalue weighted by atomic mass is 16.5. The summed E-state index contributed by atoms with van der Waals surface area (Å²) in [5.41, 5.74) is 0. The second-order valence-electron chi connectivity index (χ2n) is 7.31. The van der Waals surface area contributed by atoms with Crippen LogP contribution in [0.15, 0.2) is 0 Å². The summed E-state index contributed by atoms with van der Waals surface area (Å²) in [6, 6.07) is 1.50. The van der Waals surface area contributed by atoms with Crippen LogP contribution in [0, 0.1) is 17.8 Å². The van der Waals surface area contributed by atoms with E-state index in [1.54, 1.807) is 0 Å². The summed E-state index contributed by atoms with van der Waals surface area (Å²) in [6.07, 6.45) is 9.83. The van der Waals surface area contributed by atoms with Crippen LogP contribution < -0.4 is 5.32 Å². The molecular weight excluding hydrogens is 234 g/mol. The molecule has 19 heavy (non-hydrogen) atoms. The second kappa shape index (κ2) is 7.08. The summed E-state index contributed by atoms with van der Waals surface area (Å²) in [7, 11) is 1.86. The van der Waals surface area contributed by atoms with Gasteiger partial charge in [0.15, 0.2) is 0 Å². The Balaban J connectivity index is 1.85. The van der Waals surface area contributed by atoms with Gasteiger partial charge in [-0.2, -0.15) is 0 Å². The van der Waals surface area contributed by atoms with Gasteiger partial charge in [0.05, 0.1) is 6.10 Å². The normalized spacial score (nSPS) is 40.6.